The van der Waals surface area contributed by atoms with E-state index in [2.05, 4.69) is 41.6 Å². The topological polar surface area (TPSA) is 30.8 Å². The molecular weight excluding hydrogens is 310 g/mol. The van der Waals surface area contributed by atoms with Crippen molar-refractivity contribution in [2.75, 3.05) is 13.7 Å². The highest BCUT2D eigenvalue weighted by Gasteiger charge is 2.39. The fraction of sp³-hybridized carbons (Fsp3) is 0.500. The van der Waals surface area contributed by atoms with Gasteiger partial charge < -0.3 is 9.57 Å². The van der Waals surface area contributed by atoms with Gasteiger partial charge >= 0.3 is 0 Å². The molecular formula is C22H27NO2. The van der Waals surface area contributed by atoms with Crippen molar-refractivity contribution >= 4 is 17.0 Å². The smallest absolute Gasteiger partial charge is 0.106 e. The third kappa shape index (κ3) is 3.18. The van der Waals surface area contributed by atoms with Gasteiger partial charge in [0.05, 0.1) is 12.7 Å². The number of hydrogen-bond acceptors (Lipinski definition) is 3. The van der Waals surface area contributed by atoms with E-state index in [-0.39, 0.29) is 6.10 Å². The van der Waals surface area contributed by atoms with Crippen molar-refractivity contribution in [1.82, 2.24) is 0 Å². The predicted octanol–water partition coefficient (Wildman–Crippen LogP) is 5.60. The minimum Gasteiger partial charge on any atom is -0.399 e. The van der Waals surface area contributed by atoms with Crippen LogP contribution in [0.25, 0.3) is 10.8 Å². The second kappa shape index (κ2) is 7.57. The Kier molecular flexibility index (Phi) is 5.02. The first-order chi connectivity index (χ1) is 12.4. The monoisotopic (exact) mass is 337 g/mol. The zero-order valence-corrected chi connectivity index (χ0v) is 15.0. The Balaban J connectivity index is 1.64. The summed E-state index contributed by atoms with van der Waals surface area (Å²) in [7, 11) is 1.57. The standard InChI is InChI=1S/C22H27NO2/c1-24-23-14-7-15-25-22-19-13-6-11-16-10-5-12-18(20(16)19)21(22)17-8-3-2-4-9-17/h5-6,10-14,17,21-22H,2-4,7-9,15H2,1H3. The van der Waals surface area contributed by atoms with Gasteiger partial charge in [-0.1, -0.05) is 60.8 Å². The molecule has 2 aromatic rings. The van der Waals surface area contributed by atoms with E-state index in [4.69, 9.17) is 9.57 Å². The number of ether oxygens (including phenoxy) is 1. The highest BCUT2D eigenvalue weighted by atomic mass is 16.6. The van der Waals surface area contributed by atoms with Gasteiger partial charge in [-0.15, -0.1) is 0 Å². The molecule has 2 atom stereocenters. The lowest BCUT2D eigenvalue weighted by Crippen LogP contribution is -2.21. The summed E-state index contributed by atoms with van der Waals surface area (Å²) < 4.78 is 6.44. The van der Waals surface area contributed by atoms with E-state index in [0.717, 1.165) is 12.3 Å². The van der Waals surface area contributed by atoms with Crippen molar-refractivity contribution in [3.05, 3.63) is 47.5 Å². The summed E-state index contributed by atoms with van der Waals surface area (Å²) in [6.07, 6.45) is 9.54. The van der Waals surface area contributed by atoms with Crippen molar-refractivity contribution in [2.45, 2.75) is 50.5 Å². The zero-order valence-electron chi connectivity index (χ0n) is 15.0. The third-order valence-corrected chi connectivity index (χ3v) is 5.84. The van der Waals surface area contributed by atoms with Crippen LogP contribution >= 0.6 is 0 Å². The summed E-state index contributed by atoms with van der Waals surface area (Å²) in [4.78, 5) is 4.74. The van der Waals surface area contributed by atoms with Crippen LogP contribution in [0.2, 0.25) is 0 Å². The van der Waals surface area contributed by atoms with Crippen LogP contribution in [0.5, 0.6) is 0 Å². The maximum atomic E-state index is 6.44. The number of rotatable bonds is 6. The molecule has 1 saturated carbocycles. The molecule has 0 bridgehead atoms. The van der Waals surface area contributed by atoms with Crippen molar-refractivity contribution in [3.8, 4) is 0 Å². The number of nitrogens with zero attached hydrogens (tertiary/aromatic N) is 1. The summed E-state index contributed by atoms with van der Waals surface area (Å²) in [5.41, 5.74) is 2.89. The Morgan fingerprint density at radius 2 is 1.80 bits per heavy atom. The van der Waals surface area contributed by atoms with Crippen LogP contribution in [0, 0.1) is 5.92 Å². The van der Waals surface area contributed by atoms with Crippen LogP contribution in [-0.2, 0) is 9.57 Å². The highest BCUT2D eigenvalue weighted by Crippen LogP contribution is 2.53. The molecule has 132 valence electrons. The van der Waals surface area contributed by atoms with Gasteiger partial charge in [-0.3, -0.25) is 0 Å². The van der Waals surface area contributed by atoms with Gasteiger partial charge in [0.15, 0.2) is 0 Å². The van der Waals surface area contributed by atoms with E-state index in [1.54, 1.807) is 13.3 Å². The summed E-state index contributed by atoms with van der Waals surface area (Å²) >= 11 is 0. The first-order valence-corrected chi connectivity index (χ1v) is 9.58. The SMILES string of the molecule is CON=CCCOC1c2cccc3cccc(c23)C1C1CCCCC1. The van der Waals surface area contributed by atoms with Crippen LogP contribution < -0.4 is 0 Å². The van der Waals surface area contributed by atoms with Crippen LogP contribution in [-0.4, -0.2) is 19.9 Å². The summed E-state index contributed by atoms with van der Waals surface area (Å²) in [5, 5.41) is 6.61. The molecule has 25 heavy (non-hydrogen) atoms. The van der Waals surface area contributed by atoms with Gasteiger partial charge in [-0.05, 0) is 40.7 Å². The molecule has 2 unspecified atom stereocenters. The van der Waals surface area contributed by atoms with Crippen LogP contribution in [0.4, 0.5) is 0 Å². The Morgan fingerprint density at radius 3 is 2.56 bits per heavy atom. The average Bonchev–Trinajstić information content (AvgIpc) is 2.98. The molecule has 3 nitrogen and oxygen atoms in total. The van der Waals surface area contributed by atoms with Gasteiger partial charge in [-0.2, -0.15) is 0 Å². The summed E-state index contributed by atoms with van der Waals surface area (Å²) in [6, 6.07) is 13.4. The first-order valence-electron chi connectivity index (χ1n) is 9.58. The van der Waals surface area contributed by atoms with Gasteiger partial charge in [0.25, 0.3) is 0 Å². The van der Waals surface area contributed by atoms with Gasteiger partial charge in [-0.25, -0.2) is 0 Å². The lowest BCUT2D eigenvalue weighted by atomic mass is 9.76. The second-order valence-electron chi connectivity index (χ2n) is 7.27. The minimum atomic E-state index is 0.181. The highest BCUT2D eigenvalue weighted by molar-refractivity contribution is 5.92. The van der Waals surface area contributed by atoms with E-state index >= 15 is 0 Å². The third-order valence-electron chi connectivity index (χ3n) is 5.84. The largest absolute Gasteiger partial charge is 0.399 e. The van der Waals surface area contributed by atoms with Crippen LogP contribution in [0.1, 0.15) is 61.7 Å². The lowest BCUT2D eigenvalue weighted by Gasteiger charge is -2.32. The molecule has 0 saturated heterocycles. The van der Waals surface area contributed by atoms with Gasteiger partial charge in [0.2, 0.25) is 0 Å². The Bertz CT molecular complexity index is 744. The molecule has 2 aliphatic rings. The molecule has 0 radical (unpaired) electrons. The molecule has 3 heteroatoms. The molecule has 0 aromatic heterocycles. The molecule has 0 aliphatic heterocycles. The maximum Gasteiger partial charge on any atom is 0.106 e. The average molecular weight is 337 g/mol. The second-order valence-corrected chi connectivity index (χ2v) is 7.27. The molecule has 0 heterocycles. The predicted molar refractivity (Wildman–Crippen MR) is 102 cm³/mol. The molecule has 0 N–H and O–H groups in total. The van der Waals surface area contributed by atoms with E-state index in [1.807, 2.05) is 0 Å². The first kappa shape index (κ1) is 16.6. The summed E-state index contributed by atoms with van der Waals surface area (Å²) in [6.45, 7) is 0.686. The van der Waals surface area contributed by atoms with Crippen molar-refractivity contribution in [1.29, 1.82) is 0 Å². The van der Waals surface area contributed by atoms with E-state index in [0.29, 0.717) is 12.5 Å². The van der Waals surface area contributed by atoms with Gasteiger partial charge in [0.1, 0.15) is 7.11 Å². The van der Waals surface area contributed by atoms with E-state index in [9.17, 15) is 0 Å². The van der Waals surface area contributed by atoms with E-state index in [1.165, 1.54) is 54.0 Å². The molecule has 4 rings (SSSR count). The Labute approximate surface area is 150 Å². The van der Waals surface area contributed by atoms with Crippen LogP contribution in [0.3, 0.4) is 0 Å². The maximum absolute atomic E-state index is 6.44. The van der Waals surface area contributed by atoms with Crippen molar-refractivity contribution in [2.24, 2.45) is 11.1 Å². The summed E-state index contributed by atoms with van der Waals surface area (Å²) in [5.74, 6) is 1.24. The molecule has 0 amide bonds. The molecule has 0 spiro atoms. The molecule has 1 fully saturated rings. The Hall–Kier alpha value is -1.87. The van der Waals surface area contributed by atoms with Crippen molar-refractivity contribution in [3.63, 3.8) is 0 Å². The molecule has 2 aliphatic carbocycles. The normalized spacial score (nSPS) is 23.6. The quantitative estimate of drug-likeness (QED) is 0.390. The minimum absolute atomic E-state index is 0.181. The zero-order chi connectivity index (χ0) is 17.1. The molecule has 2 aromatic carbocycles. The Morgan fingerprint density at radius 1 is 1.04 bits per heavy atom. The van der Waals surface area contributed by atoms with Crippen LogP contribution in [0.15, 0.2) is 41.6 Å². The number of benzene rings is 2. The van der Waals surface area contributed by atoms with Crippen molar-refractivity contribution < 1.29 is 9.57 Å². The fourth-order valence-electron chi connectivity index (χ4n) is 4.83. The number of hydrogen-bond donors (Lipinski definition) is 0. The number of oxime groups is 1. The van der Waals surface area contributed by atoms with E-state index < -0.39 is 0 Å². The lowest BCUT2D eigenvalue weighted by molar-refractivity contribution is 0.0218. The fourth-order valence-corrected chi connectivity index (χ4v) is 4.83. The van der Waals surface area contributed by atoms with Gasteiger partial charge in [0, 0.05) is 18.6 Å².